The summed E-state index contributed by atoms with van der Waals surface area (Å²) >= 11 is 1.18. The fraction of sp³-hybridized carbons (Fsp3) is 0.267. The van der Waals surface area contributed by atoms with E-state index in [1.165, 1.54) is 24.5 Å². The topological polar surface area (TPSA) is 52.3 Å². The zero-order valence-electron chi connectivity index (χ0n) is 11.6. The van der Waals surface area contributed by atoms with Crippen LogP contribution in [0.5, 0.6) is 0 Å². The first-order valence-corrected chi connectivity index (χ1v) is 7.07. The molecular weight excluding hydrogens is 277 g/mol. The second-order valence-electron chi connectivity index (χ2n) is 4.48. The van der Waals surface area contributed by atoms with Crippen molar-refractivity contribution in [2.24, 2.45) is 0 Å². The van der Waals surface area contributed by atoms with Crippen LogP contribution in [0.3, 0.4) is 0 Å². The summed E-state index contributed by atoms with van der Waals surface area (Å²) in [5.41, 5.74) is 8.62. The number of aryl methyl sites for hydroxylation is 1. The first-order chi connectivity index (χ1) is 9.49. The largest absolute Gasteiger partial charge is 0.465 e. The molecule has 0 spiro atoms. The summed E-state index contributed by atoms with van der Waals surface area (Å²) in [5, 5.41) is 0. The minimum Gasteiger partial charge on any atom is -0.465 e. The van der Waals surface area contributed by atoms with Gasteiger partial charge in [0.25, 0.3) is 0 Å². The molecule has 20 heavy (non-hydrogen) atoms. The summed E-state index contributed by atoms with van der Waals surface area (Å²) < 4.78 is 18.8. The fourth-order valence-electron chi connectivity index (χ4n) is 2.10. The first kappa shape index (κ1) is 14.5. The molecule has 0 bridgehead atoms. The van der Waals surface area contributed by atoms with Gasteiger partial charge in [-0.3, -0.25) is 0 Å². The van der Waals surface area contributed by atoms with Gasteiger partial charge < -0.3 is 10.5 Å². The Morgan fingerprint density at radius 2 is 2.15 bits per heavy atom. The smallest absolute Gasteiger partial charge is 0.350 e. The van der Waals surface area contributed by atoms with Crippen LogP contribution in [0.2, 0.25) is 0 Å². The maximum absolute atomic E-state index is 14.0. The van der Waals surface area contributed by atoms with E-state index in [1.807, 2.05) is 13.8 Å². The molecule has 1 heterocycles. The van der Waals surface area contributed by atoms with Gasteiger partial charge >= 0.3 is 5.97 Å². The highest BCUT2D eigenvalue weighted by Gasteiger charge is 2.22. The highest BCUT2D eigenvalue weighted by Crippen LogP contribution is 2.40. The van der Waals surface area contributed by atoms with Crippen LogP contribution in [0.25, 0.3) is 10.4 Å². The second kappa shape index (κ2) is 5.63. The molecule has 106 valence electrons. The summed E-state index contributed by atoms with van der Waals surface area (Å²) in [4.78, 5) is 12.7. The molecule has 2 aromatic rings. The Balaban J connectivity index is 2.68. The number of methoxy groups -OCH3 is 1. The van der Waals surface area contributed by atoms with E-state index in [4.69, 9.17) is 10.5 Å². The van der Waals surface area contributed by atoms with E-state index in [1.54, 1.807) is 12.1 Å². The lowest BCUT2D eigenvalue weighted by molar-refractivity contribution is 0.0607. The summed E-state index contributed by atoms with van der Waals surface area (Å²) in [6.45, 7) is 3.82. The highest BCUT2D eigenvalue weighted by atomic mass is 32.1. The minimum atomic E-state index is -0.485. The molecule has 0 aliphatic carbocycles. The third-order valence-corrected chi connectivity index (χ3v) is 4.40. The third kappa shape index (κ3) is 2.41. The number of ether oxygens (including phenoxy) is 1. The monoisotopic (exact) mass is 293 g/mol. The second-order valence-corrected chi connectivity index (χ2v) is 5.50. The predicted octanol–water partition coefficient (Wildman–Crippen LogP) is 3.79. The molecule has 0 fully saturated rings. The normalized spacial score (nSPS) is 10.6. The Labute approximate surface area is 121 Å². The number of nitrogen functional groups attached to an aromatic ring is 1. The van der Waals surface area contributed by atoms with Gasteiger partial charge in [0.15, 0.2) is 0 Å². The SMILES string of the molecule is CCc1c(-c2cc(C)ccc2F)sc(C(=O)OC)c1N. The lowest BCUT2D eigenvalue weighted by atomic mass is 10.0. The van der Waals surface area contributed by atoms with Crippen molar-refractivity contribution in [2.45, 2.75) is 20.3 Å². The molecule has 0 saturated carbocycles. The van der Waals surface area contributed by atoms with Crippen molar-refractivity contribution in [3.8, 4) is 10.4 Å². The Morgan fingerprint density at radius 3 is 2.75 bits per heavy atom. The highest BCUT2D eigenvalue weighted by molar-refractivity contribution is 7.18. The number of benzene rings is 1. The van der Waals surface area contributed by atoms with E-state index < -0.39 is 5.97 Å². The Hall–Kier alpha value is -1.88. The average Bonchev–Trinajstić information content (AvgIpc) is 2.77. The summed E-state index contributed by atoms with van der Waals surface area (Å²) in [6.07, 6.45) is 0.627. The van der Waals surface area contributed by atoms with Crippen LogP contribution in [0.15, 0.2) is 18.2 Å². The summed E-state index contributed by atoms with van der Waals surface area (Å²) in [7, 11) is 1.31. The van der Waals surface area contributed by atoms with Crippen molar-refractivity contribution in [1.82, 2.24) is 0 Å². The Kier molecular flexibility index (Phi) is 4.09. The lowest BCUT2D eigenvalue weighted by Crippen LogP contribution is -2.02. The van der Waals surface area contributed by atoms with E-state index in [-0.39, 0.29) is 5.82 Å². The number of halogens is 1. The molecule has 2 rings (SSSR count). The quantitative estimate of drug-likeness (QED) is 0.876. The summed E-state index contributed by atoms with van der Waals surface area (Å²) in [5.74, 6) is -0.801. The predicted molar refractivity (Wildman–Crippen MR) is 79.6 cm³/mol. The molecule has 0 unspecified atom stereocenters. The number of anilines is 1. The first-order valence-electron chi connectivity index (χ1n) is 6.25. The van der Waals surface area contributed by atoms with Crippen LogP contribution in [-0.2, 0) is 11.2 Å². The maximum atomic E-state index is 14.0. The van der Waals surface area contributed by atoms with Crippen LogP contribution < -0.4 is 5.73 Å². The number of esters is 1. The molecule has 0 aliphatic heterocycles. The number of nitrogens with two attached hydrogens (primary N) is 1. The van der Waals surface area contributed by atoms with E-state index in [2.05, 4.69) is 0 Å². The van der Waals surface area contributed by atoms with E-state index in [9.17, 15) is 9.18 Å². The van der Waals surface area contributed by atoms with Gasteiger partial charge in [0.2, 0.25) is 0 Å². The van der Waals surface area contributed by atoms with Gasteiger partial charge in [0.1, 0.15) is 10.7 Å². The zero-order valence-corrected chi connectivity index (χ0v) is 12.4. The molecule has 3 nitrogen and oxygen atoms in total. The van der Waals surface area contributed by atoms with Crippen molar-refractivity contribution in [3.05, 3.63) is 40.0 Å². The van der Waals surface area contributed by atoms with Crippen molar-refractivity contribution < 1.29 is 13.9 Å². The number of hydrogen-bond acceptors (Lipinski definition) is 4. The molecule has 1 aromatic heterocycles. The van der Waals surface area contributed by atoms with Gasteiger partial charge in [-0.25, -0.2) is 9.18 Å². The van der Waals surface area contributed by atoms with Gasteiger partial charge in [-0.15, -0.1) is 11.3 Å². The van der Waals surface area contributed by atoms with Gasteiger partial charge in [-0.05, 0) is 31.0 Å². The fourth-order valence-corrected chi connectivity index (χ4v) is 3.35. The van der Waals surface area contributed by atoms with E-state index in [0.717, 1.165) is 11.1 Å². The molecule has 0 radical (unpaired) electrons. The maximum Gasteiger partial charge on any atom is 0.350 e. The molecular formula is C15H16FNO2S. The lowest BCUT2D eigenvalue weighted by Gasteiger charge is -2.05. The number of carbonyl (C=O) groups is 1. The van der Waals surface area contributed by atoms with E-state index in [0.29, 0.717) is 27.4 Å². The number of rotatable bonds is 3. The standard InChI is InChI=1S/C15H16FNO2S/c1-4-9-12(17)14(15(18)19-3)20-13(9)10-7-8(2)5-6-11(10)16/h5-7H,4,17H2,1-3H3. The van der Waals surface area contributed by atoms with Crippen LogP contribution >= 0.6 is 11.3 Å². The average molecular weight is 293 g/mol. The number of hydrogen-bond donors (Lipinski definition) is 1. The van der Waals surface area contributed by atoms with Gasteiger partial charge in [0, 0.05) is 10.4 Å². The molecule has 0 saturated heterocycles. The minimum absolute atomic E-state index is 0.317. The van der Waals surface area contributed by atoms with Gasteiger partial charge in [-0.1, -0.05) is 18.6 Å². The van der Waals surface area contributed by atoms with Crippen LogP contribution in [0.4, 0.5) is 10.1 Å². The zero-order chi connectivity index (χ0) is 14.9. The number of thiophene rings is 1. The molecule has 5 heteroatoms. The van der Waals surface area contributed by atoms with Crippen molar-refractivity contribution in [3.63, 3.8) is 0 Å². The Bertz CT molecular complexity index is 664. The van der Waals surface area contributed by atoms with E-state index >= 15 is 0 Å². The molecule has 1 aromatic carbocycles. The van der Waals surface area contributed by atoms with Crippen LogP contribution in [-0.4, -0.2) is 13.1 Å². The third-order valence-electron chi connectivity index (χ3n) is 3.14. The van der Waals surface area contributed by atoms with Crippen LogP contribution in [0.1, 0.15) is 27.7 Å². The van der Waals surface area contributed by atoms with Gasteiger partial charge in [-0.2, -0.15) is 0 Å². The molecule has 0 atom stereocenters. The van der Waals surface area contributed by atoms with Crippen molar-refractivity contribution >= 4 is 23.0 Å². The van der Waals surface area contributed by atoms with Crippen molar-refractivity contribution in [1.29, 1.82) is 0 Å². The molecule has 0 aliphatic rings. The summed E-state index contributed by atoms with van der Waals surface area (Å²) in [6, 6.07) is 4.90. The van der Waals surface area contributed by atoms with Crippen molar-refractivity contribution in [2.75, 3.05) is 12.8 Å². The van der Waals surface area contributed by atoms with Gasteiger partial charge in [0.05, 0.1) is 12.8 Å². The molecule has 2 N–H and O–H groups in total. The Morgan fingerprint density at radius 1 is 1.45 bits per heavy atom. The van der Waals surface area contributed by atoms with Crippen LogP contribution in [0, 0.1) is 12.7 Å². The number of carbonyl (C=O) groups excluding carboxylic acids is 1. The molecule has 0 amide bonds.